The van der Waals surface area contributed by atoms with Gasteiger partial charge in [-0.1, -0.05) is 36.0 Å². The molecule has 1 rings (SSSR count). The molecule has 0 aliphatic rings. The first-order chi connectivity index (χ1) is 15.4. The number of hydrogen-bond donors (Lipinski definition) is 0. The lowest BCUT2D eigenvalue weighted by Gasteiger charge is -2.27. The highest BCUT2D eigenvalue weighted by molar-refractivity contribution is 8.13. The second-order valence-electron chi connectivity index (χ2n) is 6.39. The molecule has 13 heteroatoms. The highest BCUT2D eigenvalue weighted by Gasteiger charge is 2.49. The Morgan fingerprint density at radius 2 is 1.64 bits per heavy atom. The van der Waals surface area contributed by atoms with Crippen LogP contribution in [0.15, 0.2) is 36.9 Å². The Kier molecular flexibility index (Phi) is 13.7. The average Bonchev–Trinajstić information content (AvgIpc) is 2.72. The van der Waals surface area contributed by atoms with Gasteiger partial charge in [-0.3, -0.25) is 14.4 Å². The second-order valence-corrected chi connectivity index (χ2v) is 7.54. The van der Waals surface area contributed by atoms with Crippen molar-refractivity contribution in [3.8, 4) is 0 Å². The Morgan fingerprint density at radius 1 is 1.12 bits per heavy atom. The molecule has 0 bridgehead atoms. The van der Waals surface area contributed by atoms with Crippen LogP contribution in [0.2, 0.25) is 0 Å². The summed E-state index contributed by atoms with van der Waals surface area (Å²) in [6, 6.07) is 7.03. The molecule has 0 aliphatic carbocycles. The third-order valence-electron chi connectivity index (χ3n) is 4.01. The molecule has 0 aliphatic heterocycles. The number of diazo groups is 1. The number of halogens is 4. The van der Waals surface area contributed by atoms with Crippen LogP contribution in [0, 0.1) is 10.8 Å². The number of allylic oxidation sites excluding steroid dienone is 1. The summed E-state index contributed by atoms with van der Waals surface area (Å²) in [7, 11) is -6.00. The largest absolute Gasteiger partial charge is 0.673 e. The monoisotopic (exact) mass is 492 g/mol. The zero-order valence-corrected chi connectivity index (χ0v) is 19.1. The number of hydrogen-bond acceptors (Lipinski definition) is 7. The van der Waals surface area contributed by atoms with Crippen LogP contribution < -0.4 is 0 Å². The van der Waals surface area contributed by atoms with Gasteiger partial charge in [-0.25, -0.2) is 0 Å². The van der Waals surface area contributed by atoms with Crippen molar-refractivity contribution in [1.82, 2.24) is 0 Å². The SMILES string of the molecule is C=CCC(CC(=O)SCCc1ccccc1[N+]#N)(C(=O)OCC)C(=O)OCC.F[B-](F)(F)F. The number of benzene rings is 1. The third kappa shape index (κ3) is 11.5. The fourth-order valence-electron chi connectivity index (χ4n) is 2.64. The lowest BCUT2D eigenvalue weighted by Crippen LogP contribution is -2.43. The van der Waals surface area contributed by atoms with Crippen molar-refractivity contribution >= 4 is 41.8 Å². The molecule has 0 heterocycles. The molecule has 0 spiro atoms. The van der Waals surface area contributed by atoms with E-state index in [0.717, 1.165) is 17.3 Å². The molecule has 0 aromatic heterocycles. The van der Waals surface area contributed by atoms with Gasteiger partial charge in [0.1, 0.15) is 0 Å². The van der Waals surface area contributed by atoms with E-state index in [2.05, 4.69) is 11.6 Å². The van der Waals surface area contributed by atoms with Gasteiger partial charge in [-0.05, 0) is 26.7 Å². The van der Waals surface area contributed by atoms with E-state index in [9.17, 15) is 31.6 Å². The van der Waals surface area contributed by atoms with Crippen LogP contribution in [0.1, 0.15) is 32.3 Å². The van der Waals surface area contributed by atoms with Crippen LogP contribution in [0.3, 0.4) is 0 Å². The average molecular weight is 492 g/mol. The molecular weight excluding hydrogens is 467 g/mol. The number of thioether (sulfide) groups is 1. The lowest BCUT2D eigenvalue weighted by molar-refractivity contribution is -0.173. The van der Waals surface area contributed by atoms with E-state index < -0.39 is 24.6 Å². The molecule has 0 N–H and O–H groups in total. The smallest absolute Gasteiger partial charge is 0.465 e. The van der Waals surface area contributed by atoms with E-state index in [1.807, 2.05) is 6.07 Å². The Labute approximate surface area is 193 Å². The van der Waals surface area contributed by atoms with Crippen LogP contribution >= 0.6 is 11.8 Å². The predicted molar refractivity (Wildman–Crippen MR) is 118 cm³/mol. The van der Waals surface area contributed by atoms with Crippen LogP contribution in [0.5, 0.6) is 0 Å². The molecule has 0 unspecified atom stereocenters. The Bertz CT molecular complexity index is 838. The molecule has 0 amide bonds. The van der Waals surface area contributed by atoms with E-state index in [1.54, 1.807) is 32.0 Å². The zero-order chi connectivity index (χ0) is 25.5. The summed E-state index contributed by atoms with van der Waals surface area (Å²) >= 11 is 1.00. The van der Waals surface area contributed by atoms with Crippen molar-refractivity contribution in [2.24, 2.45) is 5.41 Å². The summed E-state index contributed by atoms with van der Waals surface area (Å²) in [5, 5.41) is 8.67. The van der Waals surface area contributed by atoms with Gasteiger partial charge in [0.2, 0.25) is 5.39 Å². The summed E-state index contributed by atoms with van der Waals surface area (Å²) in [5.74, 6) is -1.17. The second kappa shape index (κ2) is 15.1. The number of nitrogens with zero attached hydrogens (tertiary/aromatic N) is 2. The van der Waals surface area contributed by atoms with Gasteiger partial charge in [-0.2, -0.15) is 0 Å². The van der Waals surface area contributed by atoms with Gasteiger partial charge >= 0.3 is 24.9 Å². The molecule has 7 nitrogen and oxygen atoms in total. The van der Waals surface area contributed by atoms with Crippen LogP contribution in [-0.2, 0) is 30.3 Å². The fourth-order valence-corrected chi connectivity index (χ4v) is 3.54. The van der Waals surface area contributed by atoms with Crippen LogP contribution in [0.25, 0.3) is 4.98 Å². The van der Waals surface area contributed by atoms with Crippen molar-refractivity contribution in [2.45, 2.75) is 33.1 Å². The Balaban J connectivity index is 0.00000184. The number of carbonyl (C=O) groups is 3. The number of carbonyl (C=O) groups excluding carboxylic acids is 3. The van der Waals surface area contributed by atoms with Crippen LogP contribution in [0.4, 0.5) is 23.0 Å². The third-order valence-corrected chi connectivity index (χ3v) is 4.88. The summed E-state index contributed by atoms with van der Waals surface area (Å²) in [6.07, 6.45) is 1.51. The molecule has 0 atom stereocenters. The molecule has 182 valence electrons. The minimum absolute atomic E-state index is 0.0524. The van der Waals surface area contributed by atoms with Crippen molar-refractivity contribution < 1.29 is 41.1 Å². The number of rotatable bonds is 11. The van der Waals surface area contributed by atoms with Crippen molar-refractivity contribution in [2.75, 3.05) is 19.0 Å². The maximum absolute atomic E-state index is 12.5. The molecule has 0 fully saturated rings. The number of ether oxygens (including phenoxy) is 2. The van der Waals surface area contributed by atoms with E-state index in [-0.39, 0.29) is 31.2 Å². The molecular formula is C20H25BF4N2O5S. The molecule has 0 saturated heterocycles. The van der Waals surface area contributed by atoms with Gasteiger partial charge in [0, 0.05) is 23.8 Å². The van der Waals surface area contributed by atoms with Crippen molar-refractivity contribution in [1.29, 1.82) is 5.39 Å². The standard InChI is InChI=1S/C20H25N2O5S.BF4/c1-4-12-20(18(24)26-5-2,19(25)27-6-3)14-17(23)28-13-11-15-9-7-8-10-16(15)22-21;2-1(3,4)5/h4,7-10H,1,5-6,11-14H2,2-3H3;/q+1;-1. The summed E-state index contributed by atoms with van der Waals surface area (Å²) in [4.78, 5) is 40.8. The minimum Gasteiger partial charge on any atom is -0.465 e. The maximum Gasteiger partial charge on any atom is 0.673 e. The molecule has 1 aromatic rings. The highest BCUT2D eigenvalue weighted by atomic mass is 32.2. The van der Waals surface area contributed by atoms with Crippen molar-refractivity contribution in [3.63, 3.8) is 0 Å². The normalized spacial score (nSPS) is 10.8. The first kappa shape index (κ1) is 30.1. The van der Waals surface area contributed by atoms with E-state index in [4.69, 9.17) is 14.9 Å². The fraction of sp³-hybridized carbons (Fsp3) is 0.450. The minimum atomic E-state index is -6.00. The van der Waals surface area contributed by atoms with Gasteiger partial charge in [0.05, 0.1) is 13.2 Å². The quantitative estimate of drug-likeness (QED) is 0.103. The van der Waals surface area contributed by atoms with Crippen molar-refractivity contribution in [3.05, 3.63) is 47.5 Å². The Hall–Kier alpha value is -2.88. The highest BCUT2D eigenvalue weighted by Crippen LogP contribution is 2.34. The topological polar surface area (TPSA) is 97.8 Å². The lowest BCUT2D eigenvalue weighted by atomic mass is 9.81. The van der Waals surface area contributed by atoms with E-state index >= 15 is 0 Å². The van der Waals surface area contributed by atoms with Gasteiger partial charge in [0.25, 0.3) is 0 Å². The Morgan fingerprint density at radius 3 is 2.09 bits per heavy atom. The van der Waals surface area contributed by atoms with E-state index in [0.29, 0.717) is 17.9 Å². The van der Waals surface area contributed by atoms with Gasteiger partial charge in [0.15, 0.2) is 15.5 Å². The number of aryl methyl sites for hydroxylation is 1. The molecule has 1 aromatic carbocycles. The molecule has 0 saturated carbocycles. The van der Waals surface area contributed by atoms with Crippen LogP contribution in [-0.4, -0.2) is 43.3 Å². The van der Waals surface area contributed by atoms with Gasteiger partial charge < -0.3 is 26.7 Å². The molecule has 0 radical (unpaired) electrons. The first-order valence-electron chi connectivity index (χ1n) is 9.86. The maximum atomic E-state index is 12.5. The molecule has 33 heavy (non-hydrogen) atoms. The summed E-state index contributed by atoms with van der Waals surface area (Å²) in [6.45, 7) is 7.01. The first-order valence-corrected chi connectivity index (χ1v) is 10.8. The summed E-state index contributed by atoms with van der Waals surface area (Å²) in [5.41, 5.74) is -0.496. The van der Waals surface area contributed by atoms with E-state index in [1.165, 1.54) is 6.08 Å². The summed E-state index contributed by atoms with van der Waals surface area (Å²) < 4.78 is 49.1. The zero-order valence-electron chi connectivity index (χ0n) is 18.3. The van der Waals surface area contributed by atoms with Gasteiger partial charge in [-0.15, -0.1) is 6.58 Å². The number of esters is 2. The predicted octanol–water partition coefficient (Wildman–Crippen LogP) is 5.35.